The van der Waals surface area contributed by atoms with Crippen LogP contribution in [0.1, 0.15) is 45.1 Å². The van der Waals surface area contributed by atoms with E-state index in [1.165, 1.54) is 12.1 Å². The van der Waals surface area contributed by atoms with E-state index in [1.807, 2.05) is 6.92 Å². The van der Waals surface area contributed by atoms with Crippen molar-refractivity contribution in [2.24, 2.45) is 5.73 Å². The third-order valence-corrected chi connectivity index (χ3v) is 5.09. The smallest absolute Gasteiger partial charge is 0.240 e. The molecule has 0 bridgehead atoms. The first-order chi connectivity index (χ1) is 9.40. The van der Waals surface area contributed by atoms with E-state index in [-0.39, 0.29) is 10.9 Å². The van der Waals surface area contributed by atoms with Gasteiger partial charge in [0.05, 0.1) is 4.90 Å². The lowest BCUT2D eigenvalue weighted by molar-refractivity contribution is 0.527. The molecule has 0 heterocycles. The molecule has 1 aromatic rings. The number of rotatable bonds is 8. The quantitative estimate of drug-likeness (QED) is 0.724. The topological polar surface area (TPSA) is 72.2 Å². The molecule has 0 aliphatic heterocycles. The molecule has 0 saturated carbocycles. The van der Waals surface area contributed by atoms with Gasteiger partial charge in [-0.3, -0.25) is 0 Å². The predicted octanol–water partition coefficient (Wildman–Crippen LogP) is 3.05. The largest absolute Gasteiger partial charge is 0.326 e. The summed E-state index contributed by atoms with van der Waals surface area (Å²) >= 11 is 6.00. The highest BCUT2D eigenvalue weighted by Crippen LogP contribution is 2.21. The Morgan fingerprint density at radius 1 is 1.35 bits per heavy atom. The Morgan fingerprint density at radius 2 is 2.05 bits per heavy atom. The lowest BCUT2D eigenvalue weighted by Crippen LogP contribution is -2.32. The molecule has 0 spiro atoms. The van der Waals surface area contributed by atoms with E-state index in [0.717, 1.165) is 31.2 Å². The second-order valence-corrected chi connectivity index (χ2v) is 7.10. The highest BCUT2D eigenvalue weighted by atomic mass is 35.5. The molecular weight excluding hydrogens is 296 g/mol. The van der Waals surface area contributed by atoms with Crippen LogP contribution in [0.4, 0.5) is 0 Å². The summed E-state index contributed by atoms with van der Waals surface area (Å²) < 4.78 is 27.1. The van der Waals surface area contributed by atoms with E-state index in [2.05, 4.69) is 11.6 Å². The van der Waals surface area contributed by atoms with Crippen LogP contribution in [0.3, 0.4) is 0 Å². The van der Waals surface area contributed by atoms with Crippen molar-refractivity contribution in [2.75, 3.05) is 0 Å². The number of sulfonamides is 1. The van der Waals surface area contributed by atoms with Crippen LogP contribution in [-0.4, -0.2) is 14.5 Å². The molecule has 20 heavy (non-hydrogen) atoms. The average molecular weight is 319 g/mol. The standard InChI is InChI=1S/C14H23ClN2O2S/c1-3-4-5-6-11(2)17-20(18,19)13-8-7-12(10-16)14(15)9-13/h7-9,11,17H,3-6,10,16H2,1-2H3. The van der Waals surface area contributed by atoms with Gasteiger partial charge in [0.1, 0.15) is 0 Å². The normalized spacial score (nSPS) is 13.4. The first-order valence-corrected chi connectivity index (χ1v) is 8.77. The summed E-state index contributed by atoms with van der Waals surface area (Å²) in [6, 6.07) is 4.55. The van der Waals surface area contributed by atoms with Crippen LogP contribution in [0.2, 0.25) is 5.02 Å². The number of hydrogen-bond donors (Lipinski definition) is 2. The minimum atomic E-state index is -3.52. The lowest BCUT2D eigenvalue weighted by atomic mass is 10.1. The Kier molecular flexibility index (Phi) is 6.95. The summed E-state index contributed by atoms with van der Waals surface area (Å²) in [7, 11) is -3.52. The molecule has 4 nitrogen and oxygen atoms in total. The monoisotopic (exact) mass is 318 g/mol. The Hall–Kier alpha value is -0.620. The molecule has 3 N–H and O–H groups in total. The minimum Gasteiger partial charge on any atom is -0.326 e. The van der Waals surface area contributed by atoms with Crippen molar-refractivity contribution >= 4 is 21.6 Å². The molecule has 1 aromatic carbocycles. The maximum atomic E-state index is 12.2. The molecule has 0 aliphatic carbocycles. The van der Waals surface area contributed by atoms with Gasteiger partial charge in [0, 0.05) is 17.6 Å². The summed E-state index contributed by atoms with van der Waals surface area (Å²) in [6.45, 7) is 4.29. The third-order valence-electron chi connectivity index (χ3n) is 3.15. The fraction of sp³-hybridized carbons (Fsp3) is 0.571. The summed E-state index contributed by atoms with van der Waals surface area (Å²) in [6.07, 6.45) is 4.09. The van der Waals surface area contributed by atoms with E-state index in [0.29, 0.717) is 11.6 Å². The van der Waals surface area contributed by atoms with Crippen molar-refractivity contribution in [1.29, 1.82) is 0 Å². The Morgan fingerprint density at radius 3 is 2.60 bits per heavy atom. The molecule has 0 saturated heterocycles. The maximum Gasteiger partial charge on any atom is 0.240 e. The molecule has 1 atom stereocenters. The second-order valence-electron chi connectivity index (χ2n) is 4.98. The van der Waals surface area contributed by atoms with Crippen LogP contribution in [0.5, 0.6) is 0 Å². The molecule has 6 heteroatoms. The van der Waals surface area contributed by atoms with Crippen LogP contribution in [0.15, 0.2) is 23.1 Å². The van der Waals surface area contributed by atoms with Crippen LogP contribution in [0, 0.1) is 0 Å². The molecule has 0 aromatic heterocycles. The molecule has 1 rings (SSSR count). The third kappa shape index (κ3) is 5.05. The Bertz CT molecular complexity index is 532. The second kappa shape index (κ2) is 7.98. The molecule has 114 valence electrons. The fourth-order valence-electron chi connectivity index (χ4n) is 1.95. The van der Waals surface area contributed by atoms with Crippen molar-refractivity contribution in [3.8, 4) is 0 Å². The van der Waals surface area contributed by atoms with Gasteiger partial charge in [-0.25, -0.2) is 13.1 Å². The molecule has 0 amide bonds. The number of unbranched alkanes of at least 4 members (excludes halogenated alkanes) is 2. The van der Waals surface area contributed by atoms with Crippen molar-refractivity contribution in [1.82, 2.24) is 4.72 Å². The van der Waals surface area contributed by atoms with E-state index < -0.39 is 10.0 Å². The van der Waals surface area contributed by atoms with Gasteiger partial charge in [0.15, 0.2) is 0 Å². The van der Waals surface area contributed by atoms with Crippen LogP contribution in [-0.2, 0) is 16.6 Å². The number of hydrogen-bond acceptors (Lipinski definition) is 3. The van der Waals surface area contributed by atoms with Gasteiger partial charge in [-0.2, -0.15) is 0 Å². The van der Waals surface area contributed by atoms with Crippen molar-refractivity contribution in [2.45, 2.75) is 57.0 Å². The minimum absolute atomic E-state index is 0.0838. The highest BCUT2D eigenvalue weighted by Gasteiger charge is 2.18. The molecule has 1 unspecified atom stereocenters. The zero-order valence-electron chi connectivity index (χ0n) is 12.0. The van der Waals surface area contributed by atoms with Gasteiger partial charge >= 0.3 is 0 Å². The summed E-state index contributed by atoms with van der Waals surface area (Å²) in [4.78, 5) is 0.182. The maximum absolute atomic E-state index is 12.2. The van der Waals surface area contributed by atoms with E-state index in [9.17, 15) is 8.42 Å². The van der Waals surface area contributed by atoms with Gasteiger partial charge in [-0.05, 0) is 31.0 Å². The van der Waals surface area contributed by atoms with E-state index >= 15 is 0 Å². The summed E-state index contributed by atoms with van der Waals surface area (Å²) in [5.74, 6) is 0. The van der Waals surface area contributed by atoms with Gasteiger partial charge in [0.25, 0.3) is 0 Å². The van der Waals surface area contributed by atoms with Crippen molar-refractivity contribution in [3.05, 3.63) is 28.8 Å². The number of nitrogens with two attached hydrogens (primary N) is 1. The zero-order chi connectivity index (χ0) is 15.2. The SMILES string of the molecule is CCCCCC(C)NS(=O)(=O)c1ccc(CN)c(Cl)c1. The summed E-state index contributed by atoms with van der Waals surface area (Å²) in [5.41, 5.74) is 6.25. The van der Waals surface area contributed by atoms with Crippen molar-refractivity contribution < 1.29 is 8.42 Å². The summed E-state index contributed by atoms with van der Waals surface area (Å²) in [5, 5.41) is 0.383. The molecular formula is C14H23ClN2O2S. The predicted molar refractivity (Wildman–Crippen MR) is 83.3 cm³/mol. The van der Waals surface area contributed by atoms with Gasteiger partial charge in [0.2, 0.25) is 10.0 Å². The number of nitrogens with one attached hydrogen (secondary N) is 1. The van der Waals surface area contributed by atoms with Crippen LogP contribution >= 0.6 is 11.6 Å². The Labute approximate surface area is 126 Å². The highest BCUT2D eigenvalue weighted by molar-refractivity contribution is 7.89. The van der Waals surface area contributed by atoms with E-state index in [1.54, 1.807) is 6.07 Å². The van der Waals surface area contributed by atoms with Gasteiger partial charge in [-0.15, -0.1) is 0 Å². The number of halogens is 1. The first-order valence-electron chi connectivity index (χ1n) is 6.91. The fourth-order valence-corrected chi connectivity index (χ4v) is 3.58. The average Bonchev–Trinajstić information content (AvgIpc) is 2.38. The van der Waals surface area contributed by atoms with E-state index in [4.69, 9.17) is 17.3 Å². The van der Waals surface area contributed by atoms with Gasteiger partial charge in [-0.1, -0.05) is 43.9 Å². The molecule has 0 radical (unpaired) electrons. The zero-order valence-corrected chi connectivity index (χ0v) is 13.6. The number of benzene rings is 1. The van der Waals surface area contributed by atoms with Crippen molar-refractivity contribution in [3.63, 3.8) is 0 Å². The van der Waals surface area contributed by atoms with Crippen LogP contribution < -0.4 is 10.5 Å². The Balaban J connectivity index is 2.75. The molecule has 0 fully saturated rings. The van der Waals surface area contributed by atoms with Gasteiger partial charge < -0.3 is 5.73 Å². The molecule has 0 aliphatic rings. The van der Waals surface area contributed by atoms with Crippen LogP contribution in [0.25, 0.3) is 0 Å². The lowest BCUT2D eigenvalue weighted by Gasteiger charge is -2.14. The first kappa shape index (κ1) is 17.4.